The third kappa shape index (κ3) is 4.66. The first-order chi connectivity index (χ1) is 8.69. The average Bonchev–Trinajstić information content (AvgIpc) is 2.42. The third-order valence-electron chi connectivity index (χ3n) is 3.82. The van der Waals surface area contributed by atoms with Crippen LogP contribution in [0.5, 0.6) is 0 Å². The molecule has 0 N–H and O–H groups in total. The molecule has 0 aromatic heterocycles. The Kier molecular flexibility index (Phi) is 6.74. The normalized spacial score (nSPS) is 16.6. The molecular formula is C14H25N3O. The van der Waals surface area contributed by atoms with E-state index in [1.165, 1.54) is 32.1 Å². The van der Waals surface area contributed by atoms with E-state index in [0.717, 1.165) is 6.54 Å². The molecule has 0 bridgehead atoms. The van der Waals surface area contributed by atoms with Gasteiger partial charge in [-0.15, -0.1) is 0 Å². The van der Waals surface area contributed by atoms with Crippen molar-refractivity contribution in [3.63, 3.8) is 0 Å². The first-order valence-corrected chi connectivity index (χ1v) is 7.04. The zero-order chi connectivity index (χ0) is 13.4. The van der Waals surface area contributed by atoms with Crippen LogP contribution in [0.2, 0.25) is 0 Å². The number of hydrogen-bond acceptors (Lipinski definition) is 3. The van der Waals surface area contributed by atoms with Gasteiger partial charge in [0.15, 0.2) is 0 Å². The van der Waals surface area contributed by atoms with Crippen LogP contribution in [0.15, 0.2) is 0 Å². The standard InChI is InChI=1S/C14H25N3O/c1-3-17(13-8-5-4-6-9-13)12-14(18)16(2)11-7-10-15/h13H,3-9,11-12H2,1-2H3. The fraction of sp³-hybridized carbons (Fsp3) is 0.857. The summed E-state index contributed by atoms with van der Waals surface area (Å²) < 4.78 is 0. The van der Waals surface area contributed by atoms with E-state index in [2.05, 4.69) is 17.9 Å². The van der Waals surface area contributed by atoms with Crippen LogP contribution in [0.25, 0.3) is 0 Å². The predicted molar refractivity (Wildman–Crippen MR) is 72.0 cm³/mol. The van der Waals surface area contributed by atoms with Crippen molar-refractivity contribution in [2.45, 2.75) is 51.5 Å². The lowest BCUT2D eigenvalue weighted by atomic mass is 9.94. The highest BCUT2D eigenvalue weighted by Crippen LogP contribution is 2.22. The van der Waals surface area contributed by atoms with Crippen LogP contribution in [-0.4, -0.2) is 48.4 Å². The second kappa shape index (κ2) is 8.10. The lowest BCUT2D eigenvalue weighted by Gasteiger charge is -2.33. The van der Waals surface area contributed by atoms with Crippen molar-refractivity contribution in [1.82, 2.24) is 9.80 Å². The molecule has 0 aliphatic heterocycles. The number of carbonyl (C=O) groups excluding carboxylic acids is 1. The van der Waals surface area contributed by atoms with Gasteiger partial charge in [-0.1, -0.05) is 26.2 Å². The molecule has 1 aliphatic carbocycles. The van der Waals surface area contributed by atoms with Gasteiger partial charge >= 0.3 is 0 Å². The fourth-order valence-electron chi connectivity index (χ4n) is 2.58. The molecule has 0 aromatic rings. The van der Waals surface area contributed by atoms with Gasteiger partial charge in [-0.25, -0.2) is 0 Å². The molecule has 0 radical (unpaired) electrons. The van der Waals surface area contributed by atoms with Crippen LogP contribution < -0.4 is 0 Å². The number of likely N-dealkylation sites (N-methyl/N-ethyl adjacent to an activating group) is 2. The molecule has 1 rings (SSSR count). The molecule has 102 valence electrons. The van der Waals surface area contributed by atoms with Gasteiger partial charge in [0.25, 0.3) is 0 Å². The van der Waals surface area contributed by atoms with E-state index in [4.69, 9.17) is 5.26 Å². The van der Waals surface area contributed by atoms with Gasteiger partial charge in [0.2, 0.25) is 5.91 Å². The maximum absolute atomic E-state index is 12.0. The number of carbonyl (C=O) groups is 1. The molecule has 0 spiro atoms. The lowest BCUT2D eigenvalue weighted by Crippen LogP contribution is -2.44. The predicted octanol–water partition coefficient (Wildman–Crippen LogP) is 2.01. The highest BCUT2D eigenvalue weighted by molar-refractivity contribution is 5.78. The summed E-state index contributed by atoms with van der Waals surface area (Å²) in [6, 6.07) is 2.66. The minimum absolute atomic E-state index is 0.137. The van der Waals surface area contributed by atoms with E-state index < -0.39 is 0 Å². The van der Waals surface area contributed by atoms with E-state index in [-0.39, 0.29) is 5.91 Å². The maximum Gasteiger partial charge on any atom is 0.236 e. The number of amides is 1. The SMILES string of the molecule is CCN(CC(=O)N(C)CCC#N)C1CCCCC1. The first-order valence-electron chi connectivity index (χ1n) is 7.04. The number of nitrogens with zero attached hydrogens (tertiary/aromatic N) is 3. The molecule has 1 aliphatic rings. The van der Waals surface area contributed by atoms with Gasteiger partial charge in [0.1, 0.15) is 0 Å². The summed E-state index contributed by atoms with van der Waals surface area (Å²) in [6.45, 7) is 4.10. The minimum atomic E-state index is 0.137. The number of rotatable bonds is 6. The molecule has 0 atom stereocenters. The second-order valence-corrected chi connectivity index (χ2v) is 5.08. The fourth-order valence-corrected chi connectivity index (χ4v) is 2.58. The van der Waals surface area contributed by atoms with Gasteiger partial charge < -0.3 is 4.90 Å². The quantitative estimate of drug-likeness (QED) is 0.725. The van der Waals surface area contributed by atoms with Crippen LogP contribution in [0.1, 0.15) is 45.4 Å². The van der Waals surface area contributed by atoms with E-state index in [0.29, 0.717) is 25.6 Å². The Morgan fingerprint density at radius 2 is 2.00 bits per heavy atom. The van der Waals surface area contributed by atoms with E-state index >= 15 is 0 Å². The molecule has 1 fully saturated rings. The molecular weight excluding hydrogens is 226 g/mol. The lowest BCUT2D eigenvalue weighted by molar-refractivity contribution is -0.131. The van der Waals surface area contributed by atoms with E-state index in [1.54, 1.807) is 11.9 Å². The summed E-state index contributed by atoms with van der Waals surface area (Å²) >= 11 is 0. The molecule has 4 nitrogen and oxygen atoms in total. The largest absolute Gasteiger partial charge is 0.344 e. The van der Waals surface area contributed by atoms with Gasteiger partial charge in [-0.3, -0.25) is 9.69 Å². The Morgan fingerprint density at radius 3 is 2.56 bits per heavy atom. The van der Waals surface area contributed by atoms with Crippen LogP contribution in [0.3, 0.4) is 0 Å². The summed E-state index contributed by atoms with van der Waals surface area (Å²) in [7, 11) is 1.79. The Morgan fingerprint density at radius 1 is 1.33 bits per heavy atom. The Labute approximate surface area is 111 Å². The summed E-state index contributed by atoms with van der Waals surface area (Å²) in [5.41, 5.74) is 0. The van der Waals surface area contributed by atoms with Crippen molar-refractivity contribution in [3.05, 3.63) is 0 Å². The van der Waals surface area contributed by atoms with Gasteiger partial charge in [-0.05, 0) is 19.4 Å². The molecule has 1 amide bonds. The monoisotopic (exact) mass is 251 g/mol. The zero-order valence-corrected chi connectivity index (χ0v) is 11.7. The first kappa shape index (κ1) is 15.0. The maximum atomic E-state index is 12.0. The third-order valence-corrected chi connectivity index (χ3v) is 3.82. The van der Waals surface area contributed by atoms with Crippen LogP contribution in [0, 0.1) is 11.3 Å². The highest BCUT2D eigenvalue weighted by Gasteiger charge is 2.22. The molecule has 0 saturated heterocycles. The second-order valence-electron chi connectivity index (χ2n) is 5.08. The molecule has 0 unspecified atom stereocenters. The van der Waals surface area contributed by atoms with E-state index in [1.807, 2.05) is 0 Å². The van der Waals surface area contributed by atoms with Crippen molar-refractivity contribution >= 4 is 5.91 Å². The van der Waals surface area contributed by atoms with Crippen molar-refractivity contribution in [2.75, 3.05) is 26.7 Å². The van der Waals surface area contributed by atoms with E-state index in [9.17, 15) is 4.79 Å². The molecule has 1 saturated carbocycles. The topological polar surface area (TPSA) is 47.3 Å². The molecule has 0 heterocycles. The summed E-state index contributed by atoms with van der Waals surface area (Å²) in [5, 5.41) is 8.53. The van der Waals surface area contributed by atoms with Crippen molar-refractivity contribution in [2.24, 2.45) is 0 Å². The van der Waals surface area contributed by atoms with Gasteiger partial charge in [0, 0.05) is 19.6 Å². The van der Waals surface area contributed by atoms with Crippen LogP contribution in [-0.2, 0) is 4.79 Å². The molecule has 4 heteroatoms. The van der Waals surface area contributed by atoms with Crippen molar-refractivity contribution < 1.29 is 4.79 Å². The molecule has 0 aromatic carbocycles. The Hall–Kier alpha value is -1.08. The van der Waals surface area contributed by atoms with Crippen LogP contribution in [0.4, 0.5) is 0 Å². The van der Waals surface area contributed by atoms with Crippen molar-refractivity contribution in [1.29, 1.82) is 5.26 Å². The number of hydrogen-bond donors (Lipinski definition) is 0. The summed E-state index contributed by atoms with van der Waals surface area (Å²) in [5.74, 6) is 0.137. The molecule has 18 heavy (non-hydrogen) atoms. The average molecular weight is 251 g/mol. The Bertz CT molecular complexity index is 292. The van der Waals surface area contributed by atoms with Crippen LogP contribution >= 0.6 is 0 Å². The van der Waals surface area contributed by atoms with Gasteiger partial charge in [0.05, 0.1) is 19.0 Å². The van der Waals surface area contributed by atoms with Gasteiger partial charge in [-0.2, -0.15) is 5.26 Å². The highest BCUT2D eigenvalue weighted by atomic mass is 16.2. The smallest absolute Gasteiger partial charge is 0.236 e. The zero-order valence-electron chi connectivity index (χ0n) is 11.7. The summed E-state index contributed by atoms with van der Waals surface area (Å²) in [6.07, 6.45) is 6.78. The Balaban J connectivity index is 2.41. The number of nitriles is 1. The minimum Gasteiger partial charge on any atom is -0.344 e. The summed E-state index contributed by atoms with van der Waals surface area (Å²) in [4.78, 5) is 16.0. The van der Waals surface area contributed by atoms with Crippen molar-refractivity contribution in [3.8, 4) is 6.07 Å².